The van der Waals surface area contributed by atoms with Crippen LogP contribution in [0.5, 0.6) is 5.75 Å². The number of benzene rings is 1. The van der Waals surface area contributed by atoms with Crippen molar-refractivity contribution >= 4 is 5.69 Å². The average molecular weight is 270 g/mol. The molecule has 0 amide bonds. The first kappa shape index (κ1) is 13.7. The van der Waals surface area contributed by atoms with Gasteiger partial charge in [0, 0.05) is 13.1 Å². The topological polar surface area (TPSA) is 73.6 Å². The minimum atomic E-state index is -0.666. The Kier molecular flexibility index (Phi) is 4.28. The Hall–Kier alpha value is -1.73. The molecule has 0 radical (unpaired) electrons. The minimum Gasteiger partial charge on any atom is -0.484 e. The molecule has 104 valence electrons. The summed E-state index contributed by atoms with van der Waals surface area (Å²) in [6.07, 6.45) is -0.0982. The third-order valence-corrected chi connectivity index (χ3v) is 2.77. The number of morpholine rings is 1. The molecule has 1 saturated heterocycles. The second kappa shape index (κ2) is 5.94. The number of nitro groups is 1. The molecule has 0 saturated carbocycles. The maximum absolute atomic E-state index is 13.0. The Morgan fingerprint density at radius 2 is 2.37 bits per heavy atom. The molecule has 19 heavy (non-hydrogen) atoms. The normalized spacial score (nSPS) is 23.1. The van der Waals surface area contributed by atoms with E-state index in [4.69, 9.17) is 9.47 Å². The third kappa shape index (κ3) is 3.62. The van der Waals surface area contributed by atoms with Gasteiger partial charge in [0.25, 0.3) is 0 Å². The summed E-state index contributed by atoms with van der Waals surface area (Å²) in [5, 5.41) is 14.0. The zero-order valence-electron chi connectivity index (χ0n) is 10.5. The smallest absolute Gasteiger partial charge is 0.313 e. The number of nitrogens with one attached hydrogen (secondary N) is 1. The first-order valence-electron chi connectivity index (χ1n) is 5.99. The summed E-state index contributed by atoms with van der Waals surface area (Å²) in [7, 11) is 0. The van der Waals surface area contributed by atoms with Crippen molar-refractivity contribution in [2.24, 2.45) is 0 Å². The van der Waals surface area contributed by atoms with E-state index >= 15 is 0 Å². The van der Waals surface area contributed by atoms with Crippen LogP contribution >= 0.6 is 0 Å². The molecule has 7 heteroatoms. The number of nitrogens with zero attached hydrogens (tertiary/aromatic N) is 1. The van der Waals surface area contributed by atoms with Crippen molar-refractivity contribution in [1.82, 2.24) is 5.32 Å². The number of ether oxygens (including phenoxy) is 2. The van der Waals surface area contributed by atoms with Gasteiger partial charge in [-0.2, -0.15) is 0 Å². The van der Waals surface area contributed by atoms with E-state index in [1.807, 2.05) is 6.92 Å². The Labute approximate surface area is 109 Å². The van der Waals surface area contributed by atoms with Gasteiger partial charge in [-0.3, -0.25) is 10.1 Å². The highest BCUT2D eigenvalue weighted by Gasteiger charge is 2.22. The predicted octanol–water partition coefficient (Wildman–Crippen LogP) is 1.49. The lowest BCUT2D eigenvalue weighted by Crippen LogP contribution is -2.45. The molecule has 2 atom stereocenters. The summed E-state index contributed by atoms with van der Waals surface area (Å²) in [6, 6.07) is 3.23. The maximum atomic E-state index is 13.0. The second-order valence-corrected chi connectivity index (χ2v) is 4.41. The van der Waals surface area contributed by atoms with Gasteiger partial charge in [0.2, 0.25) is 0 Å². The molecule has 0 aliphatic carbocycles. The standard InChI is InChI=1S/C12H15FN2O4/c1-8-5-14-6-10(19-8)7-18-12-3-2-9(13)4-11(12)15(16)17/h2-4,8,10,14H,5-7H2,1H3. The van der Waals surface area contributed by atoms with Gasteiger partial charge in [0.05, 0.1) is 17.1 Å². The fraction of sp³-hybridized carbons (Fsp3) is 0.500. The number of rotatable bonds is 4. The average Bonchev–Trinajstić information content (AvgIpc) is 2.37. The van der Waals surface area contributed by atoms with Crippen LogP contribution in [0.15, 0.2) is 18.2 Å². The van der Waals surface area contributed by atoms with Crippen molar-refractivity contribution in [3.8, 4) is 5.75 Å². The van der Waals surface area contributed by atoms with Gasteiger partial charge >= 0.3 is 5.69 Å². The van der Waals surface area contributed by atoms with Crippen molar-refractivity contribution < 1.29 is 18.8 Å². The molecule has 0 aromatic heterocycles. The van der Waals surface area contributed by atoms with Crippen molar-refractivity contribution in [1.29, 1.82) is 0 Å². The molecule has 1 aliphatic rings. The Bertz CT molecular complexity index is 469. The number of hydrogen-bond acceptors (Lipinski definition) is 5. The van der Waals surface area contributed by atoms with Crippen molar-refractivity contribution in [2.45, 2.75) is 19.1 Å². The van der Waals surface area contributed by atoms with Crippen LogP contribution in [0.25, 0.3) is 0 Å². The largest absolute Gasteiger partial charge is 0.484 e. The summed E-state index contributed by atoms with van der Waals surface area (Å²) in [5.74, 6) is -0.614. The van der Waals surface area contributed by atoms with E-state index in [1.165, 1.54) is 6.07 Å². The summed E-state index contributed by atoms with van der Waals surface area (Å²) in [4.78, 5) is 10.1. The predicted molar refractivity (Wildman–Crippen MR) is 65.8 cm³/mol. The molecule has 1 N–H and O–H groups in total. The van der Waals surface area contributed by atoms with E-state index in [1.54, 1.807) is 0 Å². The SMILES string of the molecule is CC1CNCC(COc2ccc(F)cc2[N+](=O)[O-])O1. The Balaban J connectivity index is 2.01. The van der Waals surface area contributed by atoms with Gasteiger partial charge in [-0.25, -0.2) is 4.39 Å². The van der Waals surface area contributed by atoms with E-state index in [9.17, 15) is 14.5 Å². The number of halogens is 1. The zero-order chi connectivity index (χ0) is 13.8. The molecule has 1 aromatic carbocycles. The van der Waals surface area contributed by atoms with Crippen LogP contribution in [0.3, 0.4) is 0 Å². The lowest BCUT2D eigenvalue weighted by molar-refractivity contribution is -0.386. The highest BCUT2D eigenvalue weighted by atomic mass is 19.1. The molecule has 1 aliphatic heterocycles. The lowest BCUT2D eigenvalue weighted by atomic mass is 10.2. The molecule has 1 fully saturated rings. The first-order valence-corrected chi connectivity index (χ1v) is 5.99. The quantitative estimate of drug-likeness (QED) is 0.662. The summed E-state index contributed by atoms with van der Waals surface area (Å²) in [5.41, 5.74) is -0.378. The van der Waals surface area contributed by atoms with E-state index in [0.29, 0.717) is 6.54 Å². The van der Waals surface area contributed by atoms with Crippen LogP contribution in [0.2, 0.25) is 0 Å². The maximum Gasteiger partial charge on any atom is 0.313 e. The third-order valence-electron chi connectivity index (χ3n) is 2.77. The van der Waals surface area contributed by atoms with Crippen molar-refractivity contribution in [2.75, 3.05) is 19.7 Å². The Morgan fingerprint density at radius 1 is 1.58 bits per heavy atom. The van der Waals surface area contributed by atoms with Crippen LogP contribution in [-0.2, 0) is 4.74 Å². The molecule has 6 nitrogen and oxygen atoms in total. The van der Waals surface area contributed by atoms with E-state index < -0.39 is 10.7 Å². The van der Waals surface area contributed by atoms with Crippen LogP contribution in [0, 0.1) is 15.9 Å². The van der Waals surface area contributed by atoms with Crippen LogP contribution in [-0.4, -0.2) is 36.8 Å². The summed E-state index contributed by atoms with van der Waals surface area (Å²) in [6.45, 7) is 3.51. The van der Waals surface area contributed by atoms with Gasteiger partial charge in [-0.1, -0.05) is 0 Å². The highest BCUT2D eigenvalue weighted by Crippen LogP contribution is 2.27. The van der Waals surface area contributed by atoms with Crippen LogP contribution < -0.4 is 10.1 Å². The first-order chi connectivity index (χ1) is 9.06. The van der Waals surface area contributed by atoms with E-state index in [-0.39, 0.29) is 30.3 Å². The number of hydrogen-bond donors (Lipinski definition) is 1. The molecule has 1 heterocycles. The van der Waals surface area contributed by atoms with Gasteiger partial charge in [-0.15, -0.1) is 0 Å². The van der Waals surface area contributed by atoms with Gasteiger partial charge in [-0.05, 0) is 19.1 Å². The van der Waals surface area contributed by atoms with Crippen molar-refractivity contribution in [3.63, 3.8) is 0 Å². The molecule has 1 aromatic rings. The minimum absolute atomic E-state index is 0.0493. The molecule has 0 spiro atoms. The van der Waals surface area contributed by atoms with E-state index in [0.717, 1.165) is 18.7 Å². The molecule has 2 unspecified atom stereocenters. The second-order valence-electron chi connectivity index (χ2n) is 4.41. The summed E-state index contributed by atoms with van der Waals surface area (Å²) >= 11 is 0. The monoisotopic (exact) mass is 270 g/mol. The van der Waals surface area contributed by atoms with Crippen LogP contribution in [0.1, 0.15) is 6.92 Å². The molecule has 0 bridgehead atoms. The van der Waals surface area contributed by atoms with E-state index in [2.05, 4.69) is 5.32 Å². The number of nitro benzene ring substituents is 1. The fourth-order valence-corrected chi connectivity index (χ4v) is 1.91. The molecular formula is C12H15FN2O4. The Morgan fingerprint density at radius 3 is 3.05 bits per heavy atom. The summed E-state index contributed by atoms with van der Waals surface area (Å²) < 4.78 is 23.9. The molecule has 2 rings (SSSR count). The lowest BCUT2D eigenvalue weighted by Gasteiger charge is -2.28. The zero-order valence-corrected chi connectivity index (χ0v) is 10.5. The van der Waals surface area contributed by atoms with Gasteiger partial charge < -0.3 is 14.8 Å². The molecular weight excluding hydrogens is 255 g/mol. The van der Waals surface area contributed by atoms with Gasteiger partial charge in [0.15, 0.2) is 5.75 Å². The highest BCUT2D eigenvalue weighted by molar-refractivity contribution is 5.46. The van der Waals surface area contributed by atoms with Gasteiger partial charge in [0.1, 0.15) is 18.5 Å². The fourth-order valence-electron chi connectivity index (χ4n) is 1.91. The van der Waals surface area contributed by atoms with Crippen molar-refractivity contribution in [3.05, 3.63) is 34.1 Å². The van der Waals surface area contributed by atoms with Crippen LogP contribution in [0.4, 0.5) is 10.1 Å².